The Kier molecular flexibility index (Phi) is 3.19. The highest BCUT2D eigenvalue weighted by Crippen LogP contribution is 2.13. The molecule has 0 aliphatic carbocycles. The molecular formula is C11H12N2O3. The van der Waals surface area contributed by atoms with Crippen molar-refractivity contribution in [1.29, 1.82) is 0 Å². The third-order valence-corrected chi connectivity index (χ3v) is 2.16. The summed E-state index contributed by atoms with van der Waals surface area (Å²) in [5.41, 5.74) is 3.73. The van der Waals surface area contributed by atoms with Gasteiger partial charge < -0.3 is 9.72 Å². The van der Waals surface area contributed by atoms with Gasteiger partial charge in [0.2, 0.25) is 0 Å². The highest BCUT2D eigenvalue weighted by Gasteiger charge is 2.06. The number of carbonyl (C=O) groups excluding carboxylic acids is 1. The van der Waals surface area contributed by atoms with Crippen molar-refractivity contribution in [2.24, 2.45) is 0 Å². The number of hydrogen-bond acceptors (Lipinski definition) is 3. The topological polar surface area (TPSA) is 63.4 Å². The molecule has 84 valence electrons. The smallest absolute Gasteiger partial charge is 0.275 e. The van der Waals surface area contributed by atoms with Crippen molar-refractivity contribution < 1.29 is 14.4 Å². The maximum Gasteiger partial charge on any atom is 0.275 e. The fraction of sp³-hybridized carbons (Fsp3) is 0.182. The number of carbonyl (C=O) groups is 1. The third kappa shape index (κ3) is 2.21. The molecule has 16 heavy (non-hydrogen) atoms. The molecule has 0 fully saturated rings. The number of hydrogen-bond donors (Lipinski definition) is 2. The Morgan fingerprint density at radius 2 is 2.31 bits per heavy atom. The Labute approximate surface area is 92.3 Å². The van der Waals surface area contributed by atoms with Crippen LogP contribution in [0.3, 0.4) is 0 Å². The van der Waals surface area contributed by atoms with Gasteiger partial charge in [-0.3, -0.25) is 4.79 Å². The average Bonchev–Trinajstić information content (AvgIpc) is 2.76. The van der Waals surface area contributed by atoms with Gasteiger partial charge in [-0.15, -0.1) is 0 Å². The van der Waals surface area contributed by atoms with E-state index in [4.69, 9.17) is 4.84 Å². The minimum absolute atomic E-state index is 0.0243. The molecule has 0 unspecified atom stereocenters. The highest BCUT2D eigenvalue weighted by molar-refractivity contribution is 5.97. The second kappa shape index (κ2) is 4.78. The number of methoxy groups -OCH3 is 1. The number of fused-ring (bicyclic) bond motifs is 1. The number of aromatic nitrogens is 1. The number of aromatic amines is 1. The van der Waals surface area contributed by atoms with Crippen molar-refractivity contribution >= 4 is 16.8 Å². The van der Waals surface area contributed by atoms with Crippen molar-refractivity contribution in [3.05, 3.63) is 36.0 Å². The minimum Gasteiger partial charge on any atom is -0.361 e. The first-order chi connectivity index (χ1) is 7.81. The molecule has 0 atom stereocenters. The molecule has 1 aromatic carbocycles. The van der Waals surface area contributed by atoms with Crippen LogP contribution < -0.4 is 5.48 Å². The summed E-state index contributed by atoms with van der Waals surface area (Å²) >= 11 is 0. The molecule has 0 aliphatic heterocycles. The zero-order chi connectivity index (χ0) is 11.4. The van der Waals surface area contributed by atoms with Crippen LogP contribution in [0.5, 0.6) is 0 Å². The molecule has 5 nitrogen and oxygen atoms in total. The van der Waals surface area contributed by atoms with Crippen LogP contribution in [-0.4, -0.2) is 24.8 Å². The Morgan fingerprint density at radius 3 is 3.12 bits per heavy atom. The Bertz CT molecular complexity index is 493. The van der Waals surface area contributed by atoms with Gasteiger partial charge in [-0.2, -0.15) is 0 Å². The average molecular weight is 220 g/mol. The van der Waals surface area contributed by atoms with E-state index in [1.54, 1.807) is 12.1 Å². The molecule has 0 saturated carbocycles. The van der Waals surface area contributed by atoms with Crippen LogP contribution in [0, 0.1) is 0 Å². The van der Waals surface area contributed by atoms with E-state index in [1.807, 2.05) is 18.3 Å². The van der Waals surface area contributed by atoms with E-state index in [9.17, 15) is 4.79 Å². The van der Waals surface area contributed by atoms with Crippen molar-refractivity contribution in [2.45, 2.75) is 0 Å². The highest BCUT2D eigenvalue weighted by atomic mass is 16.8. The number of benzene rings is 1. The van der Waals surface area contributed by atoms with Gasteiger partial charge in [-0.05, 0) is 23.6 Å². The largest absolute Gasteiger partial charge is 0.361 e. The van der Waals surface area contributed by atoms with Crippen LogP contribution in [0.25, 0.3) is 10.9 Å². The predicted molar refractivity (Wildman–Crippen MR) is 58.7 cm³/mol. The van der Waals surface area contributed by atoms with Gasteiger partial charge in [0.05, 0.1) is 0 Å². The lowest BCUT2D eigenvalue weighted by Gasteiger charge is -2.04. The maximum atomic E-state index is 11.6. The third-order valence-electron chi connectivity index (χ3n) is 2.16. The Hall–Kier alpha value is -1.85. The van der Waals surface area contributed by atoms with Crippen LogP contribution in [-0.2, 0) is 9.57 Å². The van der Waals surface area contributed by atoms with Gasteiger partial charge in [0.25, 0.3) is 5.91 Å². The van der Waals surface area contributed by atoms with Crippen LogP contribution >= 0.6 is 0 Å². The molecule has 2 rings (SSSR count). The van der Waals surface area contributed by atoms with Crippen LogP contribution in [0.2, 0.25) is 0 Å². The second-order valence-electron chi connectivity index (χ2n) is 3.26. The van der Waals surface area contributed by atoms with Crippen molar-refractivity contribution in [2.75, 3.05) is 13.9 Å². The molecule has 1 amide bonds. The molecule has 0 radical (unpaired) electrons. The standard InChI is InChI=1S/C11H12N2O3/c1-15-7-16-13-11(14)9-3-2-8-4-5-12-10(8)6-9/h2-6,12H,7H2,1H3,(H,13,14). The van der Waals surface area contributed by atoms with E-state index in [0.717, 1.165) is 10.9 Å². The summed E-state index contributed by atoms with van der Waals surface area (Å²) in [7, 11) is 1.48. The van der Waals surface area contributed by atoms with Gasteiger partial charge >= 0.3 is 0 Å². The fourth-order valence-electron chi connectivity index (χ4n) is 1.40. The monoisotopic (exact) mass is 220 g/mol. The zero-order valence-electron chi connectivity index (χ0n) is 8.82. The number of nitrogens with one attached hydrogen (secondary N) is 2. The van der Waals surface area contributed by atoms with E-state index in [1.165, 1.54) is 7.11 Å². The molecule has 2 N–H and O–H groups in total. The number of ether oxygens (including phenoxy) is 1. The zero-order valence-corrected chi connectivity index (χ0v) is 8.82. The first kappa shape index (κ1) is 10.7. The number of amides is 1. The summed E-state index contributed by atoms with van der Waals surface area (Å²) in [6, 6.07) is 7.32. The molecule has 0 saturated heterocycles. The van der Waals surface area contributed by atoms with Crippen molar-refractivity contribution in [3.63, 3.8) is 0 Å². The van der Waals surface area contributed by atoms with Gasteiger partial charge in [0.15, 0.2) is 6.79 Å². The normalized spacial score (nSPS) is 10.6. The summed E-state index contributed by atoms with van der Waals surface area (Å²) in [5, 5.41) is 1.06. The summed E-state index contributed by atoms with van der Waals surface area (Å²) < 4.78 is 4.64. The molecule has 0 spiro atoms. The lowest BCUT2D eigenvalue weighted by atomic mass is 10.1. The summed E-state index contributed by atoms with van der Waals surface area (Å²) in [5.74, 6) is -0.298. The molecule has 1 aromatic heterocycles. The van der Waals surface area contributed by atoms with E-state index >= 15 is 0 Å². The predicted octanol–water partition coefficient (Wildman–Crippen LogP) is 1.43. The van der Waals surface area contributed by atoms with Crippen LogP contribution in [0.1, 0.15) is 10.4 Å². The molecule has 0 aliphatic rings. The second-order valence-corrected chi connectivity index (χ2v) is 3.26. The van der Waals surface area contributed by atoms with Gasteiger partial charge in [-0.25, -0.2) is 10.3 Å². The van der Waals surface area contributed by atoms with Crippen LogP contribution in [0.4, 0.5) is 0 Å². The summed E-state index contributed by atoms with van der Waals surface area (Å²) in [6.07, 6.45) is 1.83. The number of hydroxylamine groups is 1. The number of H-pyrrole nitrogens is 1. The van der Waals surface area contributed by atoms with Gasteiger partial charge in [0, 0.05) is 24.4 Å². The Morgan fingerprint density at radius 1 is 1.44 bits per heavy atom. The van der Waals surface area contributed by atoms with Crippen molar-refractivity contribution in [1.82, 2.24) is 10.5 Å². The number of rotatable bonds is 4. The van der Waals surface area contributed by atoms with Gasteiger partial charge in [-0.1, -0.05) is 6.07 Å². The molecule has 5 heteroatoms. The Balaban J connectivity index is 2.10. The molecule has 1 heterocycles. The maximum absolute atomic E-state index is 11.6. The fourth-order valence-corrected chi connectivity index (χ4v) is 1.40. The summed E-state index contributed by atoms with van der Waals surface area (Å²) in [4.78, 5) is 19.4. The molecule has 2 aromatic rings. The quantitative estimate of drug-likeness (QED) is 0.465. The lowest BCUT2D eigenvalue weighted by molar-refractivity contribution is -0.0704. The van der Waals surface area contributed by atoms with Crippen LogP contribution in [0.15, 0.2) is 30.5 Å². The first-order valence-electron chi connectivity index (χ1n) is 4.79. The van der Waals surface area contributed by atoms with Crippen molar-refractivity contribution in [3.8, 4) is 0 Å². The SMILES string of the molecule is COCONC(=O)c1ccc2cc[nH]c2c1. The first-order valence-corrected chi connectivity index (χ1v) is 4.79. The van der Waals surface area contributed by atoms with E-state index in [-0.39, 0.29) is 12.7 Å². The van der Waals surface area contributed by atoms with Gasteiger partial charge in [0.1, 0.15) is 0 Å². The van der Waals surface area contributed by atoms with E-state index in [0.29, 0.717) is 5.56 Å². The summed E-state index contributed by atoms with van der Waals surface area (Å²) in [6.45, 7) is 0.0243. The van der Waals surface area contributed by atoms with E-state index in [2.05, 4.69) is 15.2 Å². The lowest BCUT2D eigenvalue weighted by Crippen LogP contribution is -2.24. The minimum atomic E-state index is -0.298. The molecule has 0 bridgehead atoms. The van der Waals surface area contributed by atoms with E-state index < -0.39 is 0 Å². The molecular weight excluding hydrogens is 208 g/mol.